The third-order valence-electron chi connectivity index (χ3n) is 4.05. The van der Waals surface area contributed by atoms with E-state index in [4.69, 9.17) is 10.5 Å². The summed E-state index contributed by atoms with van der Waals surface area (Å²) in [6.07, 6.45) is 20.0. The van der Waals surface area contributed by atoms with E-state index in [0.29, 0.717) is 0 Å². The van der Waals surface area contributed by atoms with Gasteiger partial charge in [-0.15, -0.1) is 51.9 Å². The maximum absolute atomic E-state index is 7.13. The molecule has 6 nitrogen and oxygen atoms in total. The standard InChI is InChI=1S/3C5H10N.C5H6N.2CHNS.Cu/c4*1-2-4-6-5-3-1;2*2-1-3;/h3*1-5H2;1-4H,5H2;2*3H;/q4*-1;;;/p-2. The van der Waals surface area contributed by atoms with Crippen molar-refractivity contribution in [3.8, 4) is 10.8 Å². The van der Waals surface area contributed by atoms with Crippen molar-refractivity contribution in [3.05, 3.63) is 45.7 Å². The first kappa shape index (κ1) is 34.7. The third kappa shape index (κ3) is 40.1. The molecule has 0 aliphatic carbocycles. The van der Waals surface area contributed by atoms with Crippen LogP contribution in [-0.4, -0.2) is 45.8 Å². The van der Waals surface area contributed by atoms with E-state index in [1.807, 2.05) is 18.2 Å². The Morgan fingerprint density at radius 2 is 0.903 bits per heavy atom. The first-order valence-electron chi connectivity index (χ1n) is 10.7. The molecule has 0 aromatic carbocycles. The molecule has 31 heavy (non-hydrogen) atoms. The molecule has 1 radical (unpaired) electrons. The van der Waals surface area contributed by atoms with E-state index < -0.39 is 0 Å². The van der Waals surface area contributed by atoms with E-state index in [0.717, 1.165) is 45.8 Å². The van der Waals surface area contributed by atoms with E-state index in [-0.39, 0.29) is 17.1 Å². The topological polar surface area (TPSA) is 104 Å². The van der Waals surface area contributed by atoms with Gasteiger partial charge in [0.2, 0.25) is 0 Å². The van der Waals surface area contributed by atoms with Gasteiger partial charge < -0.3 is 46.5 Å². The Hall–Kier alpha value is -0.901. The van der Waals surface area contributed by atoms with Crippen LogP contribution in [0.3, 0.4) is 0 Å². The van der Waals surface area contributed by atoms with Gasteiger partial charge in [-0.2, -0.15) is 6.20 Å². The summed E-state index contributed by atoms with van der Waals surface area (Å²) in [5.74, 6) is 0. The van der Waals surface area contributed by atoms with Gasteiger partial charge in [-0.05, 0) is 0 Å². The second-order valence-corrected chi connectivity index (χ2v) is 6.88. The normalized spacial score (nSPS) is 17.7. The summed E-state index contributed by atoms with van der Waals surface area (Å²) in [6, 6.07) is 0. The van der Waals surface area contributed by atoms with Crippen molar-refractivity contribution in [2.24, 2.45) is 0 Å². The molecular weight excluding hydrogens is 476 g/mol. The fraction of sp³-hybridized carbons (Fsp3) is 0.727. The van der Waals surface area contributed by atoms with Crippen LogP contribution in [0.4, 0.5) is 0 Å². The number of rotatable bonds is 0. The van der Waals surface area contributed by atoms with Crippen LogP contribution in [0.2, 0.25) is 0 Å². The maximum Gasteiger partial charge on any atom is 0 e. The second-order valence-electron chi connectivity index (χ2n) is 6.51. The van der Waals surface area contributed by atoms with Crippen LogP contribution in [-0.2, 0) is 42.3 Å². The Morgan fingerprint density at radius 1 is 0.581 bits per heavy atom. The third-order valence-corrected chi connectivity index (χ3v) is 4.05. The molecule has 3 saturated heterocycles. The number of thiocyanates is 2. The number of nitriles is 2. The monoisotopic (exact) mass is 511 g/mol. The molecule has 0 saturated carbocycles. The first-order chi connectivity index (χ1) is 14.8. The van der Waals surface area contributed by atoms with Crippen LogP contribution in [0.15, 0.2) is 24.4 Å². The van der Waals surface area contributed by atoms with Crippen LogP contribution in [0.1, 0.15) is 57.8 Å². The maximum atomic E-state index is 7.13. The molecule has 0 bridgehead atoms. The van der Waals surface area contributed by atoms with Crippen LogP contribution >= 0.6 is 0 Å². The Balaban J connectivity index is -0.000000309. The molecule has 4 aliphatic heterocycles. The fourth-order valence-corrected chi connectivity index (χ4v) is 2.58. The number of piperidine rings is 3. The Morgan fingerprint density at radius 3 is 0.968 bits per heavy atom. The molecule has 0 aromatic rings. The smallest absolute Gasteiger partial charge is 0 e. The molecule has 0 aromatic heterocycles. The minimum atomic E-state index is 0. The molecule has 4 heterocycles. The van der Waals surface area contributed by atoms with Crippen LogP contribution in [0, 0.1) is 21.3 Å². The van der Waals surface area contributed by atoms with Crippen molar-refractivity contribution < 1.29 is 17.1 Å². The molecule has 0 N–H and O–H groups in total. The Kier molecular flexibility index (Phi) is 40.8. The predicted octanol–water partition coefficient (Wildman–Crippen LogP) is 6.10. The van der Waals surface area contributed by atoms with Crippen molar-refractivity contribution in [1.82, 2.24) is 0 Å². The van der Waals surface area contributed by atoms with E-state index in [9.17, 15) is 0 Å². The van der Waals surface area contributed by atoms with Gasteiger partial charge in [-0.25, -0.2) is 10.5 Å². The molecule has 4 aliphatic rings. The summed E-state index contributed by atoms with van der Waals surface area (Å²) in [5.41, 5.74) is 0. The zero-order chi connectivity index (χ0) is 22.4. The van der Waals surface area contributed by atoms with E-state index in [1.54, 1.807) is 6.20 Å². The fourth-order valence-electron chi connectivity index (χ4n) is 2.58. The van der Waals surface area contributed by atoms with Crippen molar-refractivity contribution in [2.45, 2.75) is 57.8 Å². The van der Waals surface area contributed by atoms with Gasteiger partial charge in [-0.1, -0.05) is 80.7 Å². The summed E-state index contributed by atoms with van der Waals surface area (Å²) in [6.45, 7) is 7.61. The van der Waals surface area contributed by atoms with Gasteiger partial charge in [0, 0.05) is 17.1 Å². The minimum absolute atomic E-state index is 0. The Bertz CT molecular complexity index is 365. The largest absolute Gasteiger partial charge is 0.696 e. The van der Waals surface area contributed by atoms with E-state index >= 15 is 0 Å². The van der Waals surface area contributed by atoms with Gasteiger partial charge in [0.15, 0.2) is 0 Å². The van der Waals surface area contributed by atoms with Gasteiger partial charge in [0.1, 0.15) is 0 Å². The van der Waals surface area contributed by atoms with Crippen LogP contribution < -0.4 is 0 Å². The van der Waals surface area contributed by atoms with Gasteiger partial charge in [-0.3, -0.25) is 0 Å². The van der Waals surface area contributed by atoms with Crippen molar-refractivity contribution in [3.63, 3.8) is 0 Å². The number of allylic oxidation sites excluding steroid dienone is 2. The molecule has 9 heteroatoms. The molecule has 0 unspecified atom stereocenters. The number of hydrogen-bond acceptors (Lipinski definition) is 4. The average molecular weight is 512 g/mol. The number of hydrogen-bond donors (Lipinski definition) is 0. The predicted molar refractivity (Wildman–Crippen MR) is 133 cm³/mol. The van der Waals surface area contributed by atoms with Crippen LogP contribution in [0.25, 0.3) is 21.3 Å². The SMILES string of the molecule is C1=CC[N-]C=C1.C1CC[N-]CC1.C1CC[N-]CC1.C1CC[N-]CC1.N#C[S-].N#C[S-].[Cu]. The first-order valence-corrected chi connectivity index (χ1v) is 11.6. The molecule has 0 spiro atoms. The zero-order valence-electron chi connectivity index (χ0n) is 18.4. The summed E-state index contributed by atoms with van der Waals surface area (Å²) in [5, 5.41) is 33.4. The zero-order valence-corrected chi connectivity index (χ0v) is 21.0. The summed E-state index contributed by atoms with van der Waals surface area (Å²) < 4.78 is 0. The van der Waals surface area contributed by atoms with E-state index in [2.05, 4.69) is 46.5 Å². The summed E-state index contributed by atoms with van der Waals surface area (Å²) >= 11 is 7.40. The average Bonchev–Trinajstić information content (AvgIpc) is 2.86. The quantitative estimate of drug-likeness (QED) is 0.222. The van der Waals surface area contributed by atoms with Gasteiger partial charge in [0.25, 0.3) is 0 Å². The molecular formula is C22H36CuN6S2-6. The second kappa shape index (κ2) is 36.5. The molecule has 0 amide bonds. The number of nitrogens with zero attached hydrogens (tertiary/aromatic N) is 6. The molecule has 4 rings (SSSR count). The molecule has 0 atom stereocenters. The van der Waals surface area contributed by atoms with Crippen molar-refractivity contribution >= 4 is 25.3 Å². The van der Waals surface area contributed by atoms with Gasteiger partial charge >= 0.3 is 0 Å². The van der Waals surface area contributed by atoms with Crippen molar-refractivity contribution in [1.29, 1.82) is 10.5 Å². The summed E-state index contributed by atoms with van der Waals surface area (Å²) in [7, 11) is 0. The summed E-state index contributed by atoms with van der Waals surface area (Å²) in [4.78, 5) is 0. The van der Waals surface area contributed by atoms with Crippen LogP contribution in [0.5, 0.6) is 0 Å². The van der Waals surface area contributed by atoms with Crippen molar-refractivity contribution in [2.75, 3.05) is 45.8 Å². The molecule has 3 fully saturated rings. The van der Waals surface area contributed by atoms with E-state index in [1.165, 1.54) is 68.6 Å². The minimum Gasteiger partial charge on any atom is -0.696 e. The Labute approximate surface area is 212 Å². The van der Waals surface area contributed by atoms with Gasteiger partial charge in [0.05, 0.1) is 0 Å². The molecule has 183 valence electrons.